The van der Waals surface area contributed by atoms with Crippen molar-refractivity contribution in [1.29, 1.82) is 0 Å². The molecule has 0 spiro atoms. The third kappa shape index (κ3) is 1.89. The largest absolute Gasteiger partial charge is 0.481 e. The van der Waals surface area contributed by atoms with Crippen molar-refractivity contribution in [2.75, 3.05) is 13.0 Å². The highest BCUT2D eigenvalue weighted by Gasteiger charge is 2.09. The average molecular weight is 234 g/mol. The fraction of sp³-hybridized carbons (Fsp3) is 0.154. The summed E-state index contributed by atoms with van der Waals surface area (Å²) in [5.41, 5.74) is 2.60. The van der Waals surface area contributed by atoms with Gasteiger partial charge in [0.2, 0.25) is 5.88 Å². The monoisotopic (exact) mass is 233 g/mol. The van der Waals surface area contributed by atoms with Gasteiger partial charge in [0.1, 0.15) is 0 Å². The van der Waals surface area contributed by atoms with Crippen LogP contribution in [0.3, 0.4) is 0 Å². The molecule has 0 fully saturated rings. The molecule has 0 amide bonds. The molecule has 82 valence electrons. The van der Waals surface area contributed by atoms with Crippen molar-refractivity contribution in [3.8, 4) is 5.88 Å². The minimum absolute atomic E-state index is 0.371. The van der Waals surface area contributed by atoms with Gasteiger partial charge in [-0.2, -0.15) is 0 Å². The van der Waals surface area contributed by atoms with Crippen molar-refractivity contribution >= 4 is 28.1 Å². The van der Waals surface area contributed by atoms with Crippen LogP contribution in [-0.2, 0) is 0 Å². The minimum Gasteiger partial charge on any atom is -0.481 e. The number of fused-ring (bicyclic) bond motifs is 1. The predicted molar refractivity (Wildman–Crippen MR) is 68.0 cm³/mol. The molecule has 0 N–H and O–H groups in total. The number of hydrogen-bond donors (Lipinski definition) is 0. The first kappa shape index (κ1) is 11.0. The highest BCUT2D eigenvalue weighted by Crippen LogP contribution is 2.27. The predicted octanol–water partition coefficient (Wildman–Crippen LogP) is 3.50. The summed E-state index contributed by atoms with van der Waals surface area (Å²) in [6.07, 6.45) is 0. The lowest BCUT2D eigenvalue weighted by atomic mass is 10.1. The van der Waals surface area contributed by atoms with Crippen LogP contribution in [-0.4, -0.2) is 18.0 Å². The third-order valence-corrected chi connectivity index (χ3v) is 2.75. The second-order valence-electron chi connectivity index (χ2n) is 3.48. The van der Waals surface area contributed by atoms with Gasteiger partial charge in [0.05, 0.1) is 12.6 Å². The molecule has 0 aliphatic heterocycles. The molecule has 0 radical (unpaired) electrons. The zero-order valence-electron chi connectivity index (χ0n) is 9.03. The van der Waals surface area contributed by atoms with E-state index in [-0.39, 0.29) is 0 Å². The smallest absolute Gasteiger partial charge is 0.221 e. The fourth-order valence-electron chi connectivity index (χ4n) is 1.58. The van der Waals surface area contributed by atoms with E-state index in [4.69, 9.17) is 16.3 Å². The van der Waals surface area contributed by atoms with Gasteiger partial charge in [-0.05, 0) is 17.7 Å². The first-order chi connectivity index (χ1) is 7.76. The van der Waals surface area contributed by atoms with Crippen molar-refractivity contribution in [2.24, 2.45) is 0 Å². The summed E-state index contributed by atoms with van der Waals surface area (Å²) < 4.78 is 5.25. The first-order valence-electron chi connectivity index (χ1n) is 4.94. The van der Waals surface area contributed by atoms with Crippen molar-refractivity contribution in [1.82, 2.24) is 4.98 Å². The van der Waals surface area contributed by atoms with Crippen LogP contribution in [0.5, 0.6) is 5.88 Å². The van der Waals surface area contributed by atoms with Crippen molar-refractivity contribution in [3.63, 3.8) is 0 Å². The van der Waals surface area contributed by atoms with Gasteiger partial charge in [-0.1, -0.05) is 24.8 Å². The molecular weight excluding hydrogens is 222 g/mol. The maximum absolute atomic E-state index is 5.78. The molecule has 2 nitrogen and oxygen atoms in total. The maximum atomic E-state index is 5.78. The number of benzene rings is 1. The number of ether oxygens (including phenoxy) is 1. The van der Waals surface area contributed by atoms with E-state index in [1.165, 1.54) is 0 Å². The molecule has 1 heterocycles. The van der Waals surface area contributed by atoms with E-state index in [2.05, 4.69) is 11.6 Å². The van der Waals surface area contributed by atoms with Crippen molar-refractivity contribution in [3.05, 3.63) is 42.5 Å². The number of halogens is 1. The topological polar surface area (TPSA) is 22.1 Å². The number of nitrogens with zero attached hydrogens (tertiary/aromatic N) is 1. The molecule has 0 saturated heterocycles. The maximum Gasteiger partial charge on any atom is 0.221 e. The highest BCUT2D eigenvalue weighted by atomic mass is 35.5. The second kappa shape index (κ2) is 4.54. The SMILES string of the molecule is C=C(CCl)c1cc2ccccc2nc1OC. The van der Waals surface area contributed by atoms with Crippen LogP contribution in [0.1, 0.15) is 5.56 Å². The number of rotatable bonds is 3. The van der Waals surface area contributed by atoms with Crippen LogP contribution in [0.4, 0.5) is 0 Å². The molecule has 0 aliphatic carbocycles. The van der Waals surface area contributed by atoms with Crippen LogP contribution >= 0.6 is 11.6 Å². The summed E-state index contributed by atoms with van der Waals surface area (Å²) >= 11 is 5.78. The fourth-order valence-corrected chi connectivity index (χ4v) is 1.72. The second-order valence-corrected chi connectivity index (χ2v) is 3.74. The summed E-state index contributed by atoms with van der Waals surface area (Å²) in [7, 11) is 1.60. The Morgan fingerprint density at radius 2 is 2.19 bits per heavy atom. The van der Waals surface area contributed by atoms with E-state index < -0.39 is 0 Å². The summed E-state index contributed by atoms with van der Waals surface area (Å²) in [6.45, 7) is 3.91. The van der Waals surface area contributed by atoms with Crippen molar-refractivity contribution < 1.29 is 4.74 Å². The van der Waals surface area contributed by atoms with E-state index in [1.807, 2.05) is 30.3 Å². The number of pyridine rings is 1. The van der Waals surface area contributed by atoms with E-state index in [1.54, 1.807) is 7.11 Å². The van der Waals surface area contributed by atoms with E-state index in [0.717, 1.165) is 22.0 Å². The molecule has 2 aromatic rings. The molecule has 0 aliphatic rings. The molecule has 16 heavy (non-hydrogen) atoms. The van der Waals surface area contributed by atoms with Gasteiger partial charge in [-0.15, -0.1) is 11.6 Å². The highest BCUT2D eigenvalue weighted by molar-refractivity contribution is 6.23. The Kier molecular flexibility index (Phi) is 3.11. The average Bonchev–Trinajstić information content (AvgIpc) is 2.36. The zero-order valence-corrected chi connectivity index (χ0v) is 9.79. The lowest BCUT2D eigenvalue weighted by Crippen LogP contribution is -1.95. The Bertz CT molecular complexity index is 536. The number of methoxy groups -OCH3 is 1. The number of alkyl halides is 1. The number of para-hydroxylation sites is 1. The number of hydrogen-bond acceptors (Lipinski definition) is 2. The molecule has 0 atom stereocenters. The van der Waals surface area contributed by atoms with Gasteiger partial charge in [-0.25, -0.2) is 4.98 Å². The molecule has 3 heteroatoms. The normalized spacial score (nSPS) is 10.4. The van der Waals surface area contributed by atoms with Crippen molar-refractivity contribution in [2.45, 2.75) is 0 Å². The van der Waals surface area contributed by atoms with Crippen LogP contribution in [0.25, 0.3) is 16.5 Å². The van der Waals surface area contributed by atoms with E-state index in [0.29, 0.717) is 11.8 Å². The Hall–Kier alpha value is -1.54. The van der Waals surface area contributed by atoms with Gasteiger partial charge in [0, 0.05) is 16.8 Å². The van der Waals surface area contributed by atoms with E-state index >= 15 is 0 Å². The molecule has 1 aromatic heterocycles. The Morgan fingerprint density at radius 1 is 1.44 bits per heavy atom. The van der Waals surface area contributed by atoms with Crippen LogP contribution in [0.15, 0.2) is 36.9 Å². The number of aromatic nitrogens is 1. The van der Waals surface area contributed by atoms with Gasteiger partial charge in [0.15, 0.2) is 0 Å². The Morgan fingerprint density at radius 3 is 2.88 bits per heavy atom. The third-order valence-electron chi connectivity index (χ3n) is 2.42. The number of allylic oxidation sites excluding steroid dienone is 1. The van der Waals surface area contributed by atoms with Crippen LogP contribution in [0, 0.1) is 0 Å². The quantitative estimate of drug-likeness (QED) is 0.757. The van der Waals surface area contributed by atoms with Gasteiger partial charge in [0.25, 0.3) is 0 Å². The lowest BCUT2D eigenvalue weighted by Gasteiger charge is -2.09. The van der Waals surface area contributed by atoms with Gasteiger partial charge < -0.3 is 4.74 Å². The minimum atomic E-state index is 0.371. The summed E-state index contributed by atoms with van der Waals surface area (Å²) in [6, 6.07) is 9.89. The Balaban J connectivity index is 2.67. The summed E-state index contributed by atoms with van der Waals surface area (Å²) in [5, 5.41) is 1.06. The lowest BCUT2D eigenvalue weighted by molar-refractivity contribution is 0.398. The molecule has 0 saturated carbocycles. The zero-order chi connectivity index (χ0) is 11.5. The summed E-state index contributed by atoms with van der Waals surface area (Å²) in [5.74, 6) is 0.945. The molecule has 0 unspecified atom stereocenters. The van der Waals surface area contributed by atoms with E-state index in [9.17, 15) is 0 Å². The molecule has 2 rings (SSSR count). The van der Waals surface area contributed by atoms with Crippen LogP contribution < -0.4 is 4.74 Å². The van der Waals surface area contributed by atoms with Crippen LogP contribution in [0.2, 0.25) is 0 Å². The standard InChI is InChI=1S/C13H12ClNO/c1-9(8-14)11-7-10-5-3-4-6-12(10)15-13(11)16-2/h3-7H,1,8H2,2H3. The molecule has 1 aromatic carbocycles. The molecule has 0 bridgehead atoms. The molecular formula is C13H12ClNO. The summed E-state index contributed by atoms with van der Waals surface area (Å²) in [4.78, 5) is 4.42. The van der Waals surface area contributed by atoms with Gasteiger partial charge >= 0.3 is 0 Å². The van der Waals surface area contributed by atoms with Gasteiger partial charge in [-0.3, -0.25) is 0 Å². The Labute approximate surface area is 99.5 Å². The first-order valence-corrected chi connectivity index (χ1v) is 5.47.